The first-order valence-electron chi connectivity index (χ1n) is 11.1. The molecule has 0 aliphatic rings. The van der Waals surface area contributed by atoms with Gasteiger partial charge in [-0.05, 0) is 41.2 Å². The molecule has 35 heavy (non-hydrogen) atoms. The molecule has 1 heterocycles. The van der Waals surface area contributed by atoms with E-state index in [4.69, 9.17) is 14.6 Å². The third kappa shape index (κ3) is 7.03. The van der Waals surface area contributed by atoms with E-state index < -0.39 is 26.5 Å². The SMILES string of the molecule is CCc1nc(-c2ccccc2)c(C)c(-c2ccc(F)cc2)c1C#CCO[P+](=O)C[C@@H](O)CC(=O)O. The van der Waals surface area contributed by atoms with Crippen LogP contribution in [0, 0.1) is 24.6 Å². The Morgan fingerprint density at radius 1 is 1.14 bits per heavy atom. The minimum absolute atomic E-state index is 0.166. The molecule has 0 fully saturated rings. The van der Waals surface area contributed by atoms with Crippen molar-refractivity contribution in [3.63, 3.8) is 0 Å². The van der Waals surface area contributed by atoms with E-state index in [1.54, 1.807) is 12.1 Å². The molecule has 0 bridgehead atoms. The van der Waals surface area contributed by atoms with E-state index in [0.717, 1.165) is 33.6 Å². The number of carboxylic acids is 1. The maximum absolute atomic E-state index is 13.6. The topological polar surface area (TPSA) is 96.7 Å². The number of halogens is 1. The van der Waals surface area contributed by atoms with Crippen LogP contribution in [-0.4, -0.2) is 40.0 Å². The number of carbonyl (C=O) groups is 1. The molecule has 3 aromatic rings. The molecule has 0 aliphatic carbocycles. The molecule has 0 amide bonds. The lowest BCUT2D eigenvalue weighted by molar-refractivity contribution is -0.138. The van der Waals surface area contributed by atoms with Crippen molar-refractivity contribution in [3.05, 3.63) is 77.2 Å². The first-order valence-corrected chi connectivity index (χ1v) is 12.5. The van der Waals surface area contributed by atoms with Gasteiger partial charge in [-0.25, -0.2) is 4.39 Å². The standard InChI is InChI=1S/C27H25FNO5P/c1-3-24-23(10-7-15-34-35(33)17-22(30)16-25(31)32)26(19-11-13-21(28)14-12-19)18(2)27(29-24)20-8-5-4-6-9-20/h4-6,8-9,11-14,22,30H,3,15-17H2,1-2H3/p+1/t22-/m0/s1. The lowest BCUT2D eigenvalue weighted by Gasteiger charge is -2.17. The predicted octanol–water partition coefficient (Wildman–Crippen LogP) is 5.37. The van der Waals surface area contributed by atoms with Crippen molar-refractivity contribution in [1.82, 2.24) is 4.98 Å². The normalized spacial score (nSPS) is 11.9. The summed E-state index contributed by atoms with van der Waals surface area (Å²) in [5, 5.41) is 18.3. The molecule has 2 N–H and O–H groups in total. The number of pyridine rings is 1. The zero-order valence-corrected chi connectivity index (χ0v) is 20.4. The molecule has 0 radical (unpaired) electrons. The van der Waals surface area contributed by atoms with E-state index in [0.29, 0.717) is 12.0 Å². The number of aliphatic hydroxyl groups excluding tert-OH is 1. The molecule has 3 rings (SSSR count). The number of aryl methyl sites for hydroxylation is 1. The number of benzene rings is 2. The van der Waals surface area contributed by atoms with Gasteiger partial charge < -0.3 is 10.2 Å². The summed E-state index contributed by atoms with van der Waals surface area (Å²) in [5.41, 5.74) is 5.76. The quantitative estimate of drug-likeness (QED) is 0.307. The molecule has 180 valence electrons. The zero-order valence-electron chi connectivity index (χ0n) is 19.5. The molecular weight excluding hydrogens is 468 g/mol. The van der Waals surface area contributed by atoms with Gasteiger partial charge in [0.05, 0.1) is 23.4 Å². The second-order valence-corrected chi connectivity index (χ2v) is 9.14. The minimum atomic E-state index is -2.26. The van der Waals surface area contributed by atoms with Crippen molar-refractivity contribution >= 4 is 14.0 Å². The zero-order chi connectivity index (χ0) is 25.4. The molecule has 6 nitrogen and oxygen atoms in total. The fraction of sp³-hybridized carbons (Fsp3) is 0.259. The second-order valence-electron chi connectivity index (χ2n) is 7.85. The fourth-order valence-electron chi connectivity index (χ4n) is 3.69. The van der Waals surface area contributed by atoms with E-state index in [1.165, 1.54) is 12.1 Å². The lowest BCUT2D eigenvalue weighted by Crippen LogP contribution is -2.15. The van der Waals surface area contributed by atoms with Crippen LogP contribution < -0.4 is 0 Å². The molecule has 1 aromatic heterocycles. The molecule has 0 spiro atoms. The largest absolute Gasteiger partial charge is 0.511 e. The minimum Gasteiger partial charge on any atom is -0.481 e. The fourth-order valence-corrected chi connectivity index (χ4v) is 4.48. The monoisotopic (exact) mass is 494 g/mol. The average Bonchev–Trinajstić information content (AvgIpc) is 2.82. The highest BCUT2D eigenvalue weighted by molar-refractivity contribution is 7.39. The Hall–Kier alpha value is -3.43. The van der Waals surface area contributed by atoms with E-state index in [-0.39, 0.29) is 18.6 Å². The summed E-state index contributed by atoms with van der Waals surface area (Å²) in [6.45, 7) is 3.76. The van der Waals surface area contributed by atoms with Gasteiger partial charge in [-0.3, -0.25) is 9.78 Å². The van der Waals surface area contributed by atoms with Crippen LogP contribution in [0.4, 0.5) is 4.39 Å². The smallest absolute Gasteiger partial charge is 0.481 e. The van der Waals surface area contributed by atoms with Crippen LogP contribution in [0.25, 0.3) is 22.4 Å². The molecular formula is C27H26FNO5P+. The number of aliphatic carboxylic acids is 1. The summed E-state index contributed by atoms with van der Waals surface area (Å²) in [7, 11) is -2.26. The Balaban J connectivity index is 1.97. The van der Waals surface area contributed by atoms with Crippen molar-refractivity contribution in [2.24, 2.45) is 0 Å². The molecule has 2 aromatic carbocycles. The Morgan fingerprint density at radius 3 is 2.46 bits per heavy atom. The number of carboxylic acid groups (broad SMARTS) is 1. The number of nitrogens with zero attached hydrogens (tertiary/aromatic N) is 1. The Bertz CT molecular complexity index is 1270. The highest BCUT2D eigenvalue weighted by Gasteiger charge is 2.25. The summed E-state index contributed by atoms with van der Waals surface area (Å²) >= 11 is 0. The number of aromatic nitrogens is 1. The molecule has 0 saturated carbocycles. The molecule has 0 aliphatic heterocycles. The van der Waals surface area contributed by atoms with Gasteiger partial charge in [-0.2, -0.15) is 0 Å². The van der Waals surface area contributed by atoms with Gasteiger partial charge in [0.15, 0.2) is 6.61 Å². The Kier molecular flexibility index (Phi) is 9.22. The lowest BCUT2D eigenvalue weighted by atomic mass is 9.90. The molecule has 8 heteroatoms. The molecule has 0 saturated heterocycles. The van der Waals surface area contributed by atoms with Crippen LogP contribution in [-0.2, 0) is 20.3 Å². The van der Waals surface area contributed by atoms with Crippen molar-refractivity contribution < 1.29 is 28.5 Å². The van der Waals surface area contributed by atoms with Crippen molar-refractivity contribution in [3.8, 4) is 34.2 Å². The van der Waals surface area contributed by atoms with Crippen molar-refractivity contribution in [1.29, 1.82) is 0 Å². The van der Waals surface area contributed by atoms with E-state index in [9.17, 15) is 18.9 Å². The van der Waals surface area contributed by atoms with E-state index >= 15 is 0 Å². The average molecular weight is 494 g/mol. The number of hydrogen-bond donors (Lipinski definition) is 2. The van der Waals surface area contributed by atoms with Gasteiger partial charge in [0, 0.05) is 11.1 Å². The van der Waals surface area contributed by atoms with Gasteiger partial charge in [-0.1, -0.05) is 61.2 Å². The summed E-state index contributed by atoms with van der Waals surface area (Å²) < 4.78 is 30.8. The van der Waals surface area contributed by atoms with Crippen LogP contribution in [0.5, 0.6) is 0 Å². The summed E-state index contributed by atoms with van der Waals surface area (Å²) in [5.74, 6) is 4.43. The van der Waals surface area contributed by atoms with Gasteiger partial charge in [-0.15, -0.1) is 4.52 Å². The Morgan fingerprint density at radius 2 is 1.83 bits per heavy atom. The number of aliphatic hydroxyl groups is 1. The van der Waals surface area contributed by atoms with Crippen LogP contribution in [0.2, 0.25) is 0 Å². The van der Waals surface area contributed by atoms with Crippen molar-refractivity contribution in [2.45, 2.75) is 32.8 Å². The van der Waals surface area contributed by atoms with Gasteiger partial charge in [0.2, 0.25) is 6.16 Å². The third-order valence-corrected chi connectivity index (χ3v) is 6.43. The van der Waals surface area contributed by atoms with Crippen molar-refractivity contribution in [2.75, 3.05) is 12.8 Å². The van der Waals surface area contributed by atoms with Crippen LogP contribution >= 0.6 is 8.03 Å². The van der Waals surface area contributed by atoms with Gasteiger partial charge in [0.1, 0.15) is 11.9 Å². The van der Waals surface area contributed by atoms with Crippen LogP contribution in [0.3, 0.4) is 0 Å². The summed E-state index contributed by atoms with van der Waals surface area (Å²) in [6.07, 6.45) is -1.43. The highest BCUT2D eigenvalue weighted by atomic mass is 31.1. The first kappa shape index (κ1) is 26.2. The maximum atomic E-state index is 13.6. The van der Waals surface area contributed by atoms with E-state index in [2.05, 4.69) is 11.8 Å². The van der Waals surface area contributed by atoms with E-state index in [1.807, 2.05) is 44.2 Å². The number of hydrogen-bond acceptors (Lipinski definition) is 5. The third-order valence-electron chi connectivity index (χ3n) is 5.29. The second kappa shape index (κ2) is 12.3. The summed E-state index contributed by atoms with van der Waals surface area (Å²) in [6, 6.07) is 16.0. The number of rotatable bonds is 9. The van der Waals surface area contributed by atoms with Crippen LogP contribution in [0.1, 0.15) is 30.2 Å². The van der Waals surface area contributed by atoms with Crippen LogP contribution in [0.15, 0.2) is 54.6 Å². The molecule has 1 unspecified atom stereocenters. The first-order chi connectivity index (χ1) is 16.8. The van der Waals surface area contributed by atoms with Gasteiger partial charge in [0.25, 0.3) is 0 Å². The Labute approximate surface area is 204 Å². The van der Waals surface area contributed by atoms with Gasteiger partial charge >= 0.3 is 14.0 Å². The highest BCUT2D eigenvalue weighted by Crippen LogP contribution is 2.35. The predicted molar refractivity (Wildman–Crippen MR) is 133 cm³/mol. The summed E-state index contributed by atoms with van der Waals surface area (Å²) in [4.78, 5) is 15.5. The molecule has 2 atom stereocenters. The maximum Gasteiger partial charge on any atom is 0.511 e.